The molecule has 4 rings (SSSR count). The van der Waals surface area contributed by atoms with Crippen LogP contribution < -0.4 is 0 Å². The quantitative estimate of drug-likeness (QED) is 0.367. The monoisotopic (exact) mass is 332 g/mol. The summed E-state index contributed by atoms with van der Waals surface area (Å²) >= 11 is 0. The predicted molar refractivity (Wildman–Crippen MR) is 113 cm³/mol. The molecule has 0 aliphatic heterocycles. The van der Waals surface area contributed by atoms with Crippen LogP contribution in [0.1, 0.15) is 5.56 Å². The second kappa shape index (κ2) is 7.25. The van der Waals surface area contributed by atoms with Crippen LogP contribution in [0.5, 0.6) is 0 Å². The molecule has 0 aromatic heterocycles. The summed E-state index contributed by atoms with van der Waals surface area (Å²) in [6, 6.07) is 36.4. The molecule has 0 atom stereocenters. The van der Waals surface area contributed by atoms with E-state index in [2.05, 4.69) is 110 Å². The van der Waals surface area contributed by atoms with Gasteiger partial charge in [0.05, 0.1) is 0 Å². The Morgan fingerprint density at radius 2 is 1.00 bits per heavy atom. The van der Waals surface area contributed by atoms with E-state index in [0.717, 1.165) is 5.56 Å². The van der Waals surface area contributed by atoms with Crippen LogP contribution in [0.15, 0.2) is 110 Å². The van der Waals surface area contributed by atoms with Crippen LogP contribution in [0, 0.1) is 0 Å². The topological polar surface area (TPSA) is 0 Å². The predicted octanol–water partition coefficient (Wildman–Crippen LogP) is 7.33. The van der Waals surface area contributed by atoms with Crippen molar-refractivity contribution in [2.45, 2.75) is 0 Å². The highest BCUT2D eigenvalue weighted by molar-refractivity contribution is 5.87. The Bertz CT molecular complexity index is 1010. The fourth-order valence-electron chi connectivity index (χ4n) is 3.26. The molecule has 0 nitrogen and oxygen atoms in total. The van der Waals surface area contributed by atoms with E-state index < -0.39 is 0 Å². The van der Waals surface area contributed by atoms with Gasteiger partial charge in [0.25, 0.3) is 0 Å². The van der Waals surface area contributed by atoms with E-state index in [-0.39, 0.29) is 0 Å². The van der Waals surface area contributed by atoms with Crippen molar-refractivity contribution in [3.05, 3.63) is 115 Å². The van der Waals surface area contributed by atoms with Crippen LogP contribution in [0.2, 0.25) is 0 Å². The summed E-state index contributed by atoms with van der Waals surface area (Å²) in [5.74, 6) is 0. The van der Waals surface area contributed by atoms with Gasteiger partial charge < -0.3 is 0 Å². The summed E-state index contributed by atoms with van der Waals surface area (Å²) in [6.45, 7) is 3.85. The highest BCUT2D eigenvalue weighted by Gasteiger charge is 2.09. The number of benzene rings is 4. The molecule has 0 saturated carbocycles. The van der Waals surface area contributed by atoms with Gasteiger partial charge in [-0.05, 0) is 45.0 Å². The molecular formula is C26H20. The average molecular weight is 332 g/mol. The lowest BCUT2D eigenvalue weighted by atomic mass is 9.91. The molecule has 26 heavy (non-hydrogen) atoms. The zero-order valence-corrected chi connectivity index (χ0v) is 14.6. The summed E-state index contributed by atoms with van der Waals surface area (Å²) in [5.41, 5.74) is 8.53. The Labute approximate surface area is 155 Å². The fraction of sp³-hybridized carbons (Fsp3) is 0. The van der Waals surface area contributed by atoms with Crippen molar-refractivity contribution in [3.8, 4) is 33.4 Å². The van der Waals surface area contributed by atoms with E-state index in [1.54, 1.807) is 0 Å². The highest BCUT2D eigenvalue weighted by Crippen LogP contribution is 2.35. The molecule has 0 radical (unpaired) electrons. The molecular weight excluding hydrogens is 312 g/mol. The standard InChI is InChI=1S/C26H20/c1-2-20-13-15-23(16-14-20)26-19-24(21-9-5-3-6-10-21)17-18-25(26)22-11-7-4-8-12-22/h2-19H,1H2. The zero-order chi connectivity index (χ0) is 17.8. The summed E-state index contributed by atoms with van der Waals surface area (Å²) in [6.07, 6.45) is 1.88. The molecule has 0 N–H and O–H groups in total. The van der Waals surface area contributed by atoms with Gasteiger partial charge in [-0.15, -0.1) is 0 Å². The molecule has 0 unspecified atom stereocenters. The number of hydrogen-bond acceptors (Lipinski definition) is 0. The maximum Gasteiger partial charge on any atom is -0.00992 e. The largest absolute Gasteiger partial charge is 0.0985 e. The Balaban J connectivity index is 1.90. The van der Waals surface area contributed by atoms with Crippen LogP contribution >= 0.6 is 0 Å². The van der Waals surface area contributed by atoms with Crippen LogP contribution in [0.3, 0.4) is 0 Å². The van der Waals surface area contributed by atoms with Gasteiger partial charge in [-0.25, -0.2) is 0 Å². The van der Waals surface area contributed by atoms with Gasteiger partial charge in [-0.1, -0.05) is 110 Å². The maximum atomic E-state index is 3.85. The van der Waals surface area contributed by atoms with E-state index in [9.17, 15) is 0 Å². The minimum Gasteiger partial charge on any atom is -0.0985 e. The number of rotatable bonds is 4. The maximum absolute atomic E-state index is 3.85. The van der Waals surface area contributed by atoms with Gasteiger partial charge in [0.1, 0.15) is 0 Å². The first kappa shape index (κ1) is 16.1. The lowest BCUT2D eigenvalue weighted by Crippen LogP contribution is -1.88. The minimum absolute atomic E-state index is 1.13. The van der Waals surface area contributed by atoms with Crippen LogP contribution in [0.4, 0.5) is 0 Å². The van der Waals surface area contributed by atoms with Crippen LogP contribution in [-0.4, -0.2) is 0 Å². The summed E-state index contributed by atoms with van der Waals surface area (Å²) in [5, 5.41) is 0. The first-order valence-corrected chi connectivity index (χ1v) is 8.83. The van der Waals surface area contributed by atoms with Gasteiger partial charge in [0, 0.05) is 0 Å². The van der Waals surface area contributed by atoms with Crippen molar-refractivity contribution in [1.29, 1.82) is 0 Å². The molecule has 4 aromatic carbocycles. The third-order valence-corrected chi connectivity index (χ3v) is 4.67. The SMILES string of the molecule is C=Cc1ccc(-c2cc(-c3ccccc3)ccc2-c2ccccc2)cc1. The molecule has 0 saturated heterocycles. The molecule has 0 aliphatic rings. The molecule has 124 valence electrons. The molecule has 0 heterocycles. The lowest BCUT2D eigenvalue weighted by Gasteiger charge is -2.13. The molecule has 0 aliphatic carbocycles. The molecule has 0 fully saturated rings. The Morgan fingerprint density at radius 3 is 1.62 bits per heavy atom. The van der Waals surface area contributed by atoms with E-state index in [1.165, 1.54) is 33.4 Å². The van der Waals surface area contributed by atoms with Crippen molar-refractivity contribution in [2.24, 2.45) is 0 Å². The van der Waals surface area contributed by atoms with Crippen LogP contribution in [-0.2, 0) is 0 Å². The second-order valence-corrected chi connectivity index (χ2v) is 6.32. The molecule has 0 amide bonds. The van der Waals surface area contributed by atoms with Gasteiger partial charge in [-0.3, -0.25) is 0 Å². The third-order valence-electron chi connectivity index (χ3n) is 4.67. The van der Waals surface area contributed by atoms with Crippen molar-refractivity contribution < 1.29 is 0 Å². The normalized spacial score (nSPS) is 10.5. The number of hydrogen-bond donors (Lipinski definition) is 0. The van der Waals surface area contributed by atoms with Crippen molar-refractivity contribution >= 4 is 6.08 Å². The van der Waals surface area contributed by atoms with Gasteiger partial charge in [0.15, 0.2) is 0 Å². The van der Waals surface area contributed by atoms with Crippen LogP contribution in [0.25, 0.3) is 39.5 Å². The highest BCUT2D eigenvalue weighted by atomic mass is 14.1. The first-order chi connectivity index (χ1) is 12.8. The van der Waals surface area contributed by atoms with E-state index in [1.807, 2.05) is 6.08 Å². The first-order valence-electron chi connectivity index (χ1n) is 8.83. The third kappa shape index (κ3) is 3.22. The molecule has 0 bridgehead atoms. The Kier molecular flexibility index (Phi) is 4.49. The lowest BCUT2D eigenvalue weighted by molar-refractivity contribution is 1.56. The minimum atomic E-state index is 1.13. The van der Waals surface area contributed by atoms with E-state index in [4.69, 9.17) is 0 Å². The smallest absolute Gasteiger partial charge is 0.00992 e. The second-order valence-electron chi connectivity index (χ2n) is 6.32. The molecule has 0 heteroatoms. The van der Waals surface area contributed by atoms with E-state index >= 15 is 0 Å². The van der Waals surface area contributed by atoms with Crippen molar-refractivity contribution in [2.75, 3.05) is 0 Å². The van der Waals surface area contributed by atoms with Gasteiger partial charge >= 0.3 is 0 Å². The van der Waals surface area contributed by atoms with Gasteiger partial charge in [-0.2, -0.15) is 0 Å². The van der Waals surface area contributed by atoms with Gasteiger partial charge in [0.2, 0.25) is 0 Å². The average Bonchev–Trinajstić information content (AvgIpc) is 2.75. The zero-order valence-electron chi connectivity index (χ0n) is 14.6. The van der Waals surface area contributed by atoms with Crippen molar-refractivity contribution in [3.63, 3.8) is 0 Å². The Hall–Kier alpha value is -3.38. The summed E-state index contributed by atoms with van der Waals surface area (Å²) < 4.78 is 0. The summed E-state index contributed by atoms with van der Waals surface area (Å²) in [7, 11) is 0. The Morgan fingerprint density at radius 1 is 0.462 bits per heavy atom. The van der Waals surface area contributed by atoms with E-state index in [0.29, 0.717) is 0 Å². The van der Waals surface area contributed by atoms with Crippen molar-refractivity contribution in [1.82, 2.24) is 0 Å². The fourth-order valence-corrected chi connectivity index (χ4v) is 3.26. The molecule has 0 spiro atoms. The summed E-state index contributed by atoms with van der Waals surface area (Å²) in [4.78, 5) is 0. The molecule has 4 aromatic rings.